The van der Waals surface area contributed by atoms with E-state index in [4.69, 9.17) is 11.6 Å². The van der Waals surface area contributed by atoms with Crippen LogP contribution in [0.3, 0.4) is 0 Å². The summed E-state index contributed by atoms with van der Waals surface area (Å²) in [4.78, 5) is 8.56. The standard InChI is InChI=1S/C25H25ClF2N6/c26-18-1-3-20-16(7-18)11-32(15-25(28)5-6-25)12-22-30-31-23(34(20)22)17-8-24(9-17)13-33(14-24)21-4-2-19(27)10-29-21/h1-4,7,10,17H,5-6,8-9,11-15H2. The summed E-state index contributed by atoms with van der Waals surface area (Å²) in [5, 5.41) is 9.88. The maximum absolute atomic E-state index is 14.6. The summed E-state index contributed by atoms with van der Waals surface area (Å²) in [6, 6.07) is 9.14. The average Bonchev–Trinajstić information content (AvgIpc) is 3.37. The molecule has 176 valence electrons. The number of fused-ring (bicyclic) bond motifs is 3. The van der Waals surface area contributed by atoms with Crippen LogP contribution in [0, 0.1) is 11.2 Å². The van der Waals surface area contributed by atoms with Crippen molar-refractivity contribution in [2.75, 3.05) is 24.5 Å². The van der Waals surface area contributed by atoms with Gasteiger partial charge in [-0.2, -0.15) is 0 Å². The molecule has 1 spiro atoms. The van der Waals surface area contributed by atoms with Crippen molar-refractivity contribution in [3.63, 3.8) is 0 Å². The number of anilines is 1. The van der Waals surface area contributed by atoms with E-state index in [1.807, 2.05) is 18.2 Å². The van der Waals surface area contributed by atoms with E-state index in [1.54, 1.807) is 6.07 Å². The topological polar surface area (TPSA) is 50.1 Å². The molecule has 9 heteroatoms. The van der Waals surface area contributed by atoms with Crippen LogP contribution in [-0.4, -0.2) is 50.0 Å². The number of alkyl halides is 1. The molecule has 34 heavy (non-hydrogen) atoms. The monoisotopic (exact) mass is 482 g/mol. The molecule has 2 aromatic heterocycles. The van der Waals surface area contributed by atoms with Crippen LogP contribution >= 0.6 is 11.6 Å². The van der Waals surface area contributed by atoms with Gasteiger partial charge in [-0.15, -0.1) is 10.2 Å². The van der Waals surface area contributed by atoms with Gasteiger partial charge in [0.25, 0.3) is 0 Å². The van der Waals surface area contributed by atoms with E-state index in [1.165, 1.54) is 12.3 Å². The Bertz CT molecular complexity index is 1260. The second kappa shape index (κ2) is 7.21. The van der Waals surface area contributed by atoms with Crippen molar-refractivity contribution in [2.24, 2.45) is 5.41 Å². The SMILES string of the molecule is Fc1ccc(N2CC3(CC(c4nnc5n4-c4ccc(Cl)cc4CN(CC4(F)CC4)C5)C3)C2)nc1. The molecule has 4 aliphatic rings. The highest BCUT2D eigenvalue weighted by Gasteiger charge is 2.54. The van der Waals surface area contributed by atoms with Gasteiger partial charge in [0.15, 0.2) is 5.82 Å². The van der Waals surface area contributed by atoms with Crippen molar-refractivity contribution in [1.29, 1.82) is 0 Å². The molecule has 0 atom stereocenters. The molecule has 0 unspecified atom stereocenters. The van der Waals surface area contributed by atoms with Gasteiger partial charge in [-0.05, 0) is 61.6 Å². The summed E-state index contributed by atoms with van der Waals surface area (Å²) < 4.78 is 30.0. The van der Waals surface area contributed by atoms with Crippen molar-refractivity contribution in [3.05, 3.63) is 64.6 Å². The van der Waals surface area contributed by atoms with E-state index < -0.39 is 5.67 Å². The van der Waals surface area contributed by atoms with Crippen LogP contribution in [0.4, 0.5) is 14.6 Å². The van der Waals surface area contributed by atoms with Crippen molar-refractivity contribution < 1.29 is 8.78 Å². The molecule has 0 amide bonds. The van der Waals surface area contributed by atoms with Gasteiger partial charge >= 0.3 is 0 Å². The Morgan fingerprint density at radius 1 is 1.06 bits per heavy atom. The van der Waals surface area contributed by atoms with Crippen LogP contribution in [0.5, 0.6) is 0 Å². The molecule has 4 heterocycles. The maximum atomic E-state index is 14.6. The first-order chi connectivity index (χ1) is 16.4. The molecule has 0 radical (unpaired) electrons. The van der Waals surface area contributed by atoms with Crippen LogP contribution in [0.15, 0.2) is 36.5 Å². The molecule has 2 saturated carbocycles. The van der Waals surface area contributed by atoms with Gasteiger partial charge < -0.3 is 4.90 Å². The molecule has 0 N–H and O–H groups in total. The van der Waals surface area contributed by atoms with E-state index in [-0.39, 0.29) is 11.2 Å². The zero-order chi connectivity index (χ0) is 23.1. The Morgan fingerprint density at radius 2 is 1.88 bits per heavy atom. The maximum Gasteiger partial charge on any atom is 0.151 e. The second-order valence-electron chi connectivity index (χ2n) is 10.7. The summed E-state index contributed by atoms with van der Waals surface area (Å²) in [5.74, 6) is 2.71. The molecule has 2 aliphatic carbocycles. The highest BCUT2D eigenvalue weighted by molar-refractivity contribution is 6.30. The predicted molar refractivity (Wildman–Crippen MR) is 124 cm³/mol. The normalized spacial score (nSPS) is 22.5. The highest BCUT2D eigenvalue weighted by atomic mass is 35.5. The van der Waals surface area contributed by atoms with Gasteiger partial charge in [0, 0.05) is 42.5 Å². The van der Waals surface area contributed by atoms with Crippen LogP contribution in [0.25, 0.3) is 5.69 Å². The molecule has 0 bridgehead atoms. The van der Waals surface area contributed by atoms with Gasteiger partial charge in [-0.1, -0.05) is 11.6 Å². The Balaban J connectivity index is 1.13. The Morgan fingerprint density at radius 3 is 2.62 bits per heavy atom. The number of pyridine rings is 1. The molecule has 7 rings (SSSR count). The number of benzene rings is 1. The second-order valence-corrected chi connectivity index (χ2v) is 11.1. The van der Waals surface area contributed by atoms with E-state index >= 15 is 0 Å². The smallest absolute Gasteiger partial charge is 0.151 e. The van der Waals surface area contributed by atoms with Gasteiger partial charge in [0.05, 0.1) is 18.4 Å². The minimum Gasteiger partial charge on any atom is -0.355 e. The fourth-order valence-corrected chi connectivity index (χ4v) is 6.26. The average molecular weight is 483 g/mol. The molecule has 3 fully saturated rings. The lowest BCUT2D eigenvalue weighted by atomic mass is 9.57. The number of hydrogen-bond acceptors (Lipinski definition) is 5. The van der Waals surface area contributed by atoms with Crippen LogP contribution < -0.4 is 4.90 Å². The summed E-state index contributed by atoms with van der Waals surface area (Å²) >= 11 is 6.34. The number of rotatable bonds is 4. The zero-order valence-electron chi connectivity index (χ0n) is 18.7. The minimum atomic E-state index is -1.06. The summed E-state index contributed by atoms with van der Waals surface area (Å²) in [5.41, 5.74) is 1.34. The first kappa shape index (κ1) is 20.8. The number of hydrogen-bond donors (Lipinski definition) is 0. The summed E-state index contributed by atoms with van der Waals surface area (Å²) in [6.07, 6.45) is 4.64. The summed E-state index contributed by atoms with van der Waals surface area (Å²) in [6.45, 7) is 3.51. The first-order valence-electron chi connectivity index (χ1n) is 11.9. The fraction of sp³-hybridized carbons (Fsp3) is 0.480. The van der Waals surface area contributed by atoms with Gasteiger partial charge in [-0.25, -0.2) is 13.8 Å². The molecule has 2 aliphatic heterocycles. The third-order valence-electron chi connectivity index (χ3n) is 7.91. The molecular weight excluding hydrogens is 458 g/mol. The van der Waals surface area contributed by atoms with Gasteiger partial charge in [0.1, 0.15) is 23.1 Å². The Hall–Kier alpha value is -2.58. The zero-order valence-corrected chi connectivity index (χ0v) is 19.5. The fourth-order valence-electron chi connectivity index (χ4n) is 6.07. The third-order valence-corrected chi connectivity index (χ3v) is 8.14. The van der Waals surface area contributed by atoms with E-state index in [2.05, 4.69) is 29.5 Å². The van der Waals surface area contributed by atoms with Gasteiger partial charge in [0.2, 0.25) is 0 Å². The number of nitrogens with zero attached hydrogens (tertiary/aromatic N) is 6. The quantitative estimate of drug-likeness (QED) is 0.541. The molecule has 1 saturated heterocycles. The molecule has 6 nitrogen and oxygen atoms in total. The summed E-state index contributed by atoms with van der Waals surface area (Å²) in [7, 11) is 0. The first-order valence-corrected chi connectivity index (χ1v) is 12.3. The lowest BCUT2D eigenvalue weighted by Crippen LogP contribution is -2.62. The lowest BCUT2D eigenvalue weighted by molar-refractivity contribution is 0.0581. The van der Waals surface area contributed by atoms with Gasteiger partial charge in [-0.3, -0.25) is 9.47 Å². The Kier molecular flexibility index (Phi) is 4.40. The van der Waals surface area contributed by atoms with Crippen molar-refractivity contribution in [3.8, 4) is 5.69 Å². The van der Waals surface area contributed by atoms with Crippen LogP contribution in [-0.2, 0) is 13.1 Å². The number of halogens is 3. The van der Waals surface area contributed by atoms with E-state index in [0.717, 1.165) is 54.6 Å². The van der Waals surface area contributed by atoms with Crippen LogP contribution in [0.1, 0.15) is 48.8 Å². The third kappa shape index (κ3) is 3.41. The predicted octanol–water partition coefficient (Wildman–Crippen LogP) is 4.66. The Labute approximate surface area is 201 Å². The highest BCUT2D eigenvalue weighted by Crippen LogP contribution is 2.56. The molecular formula is C25H25ClF2N6. The number of aromatic nitrogens is 4. The largest absolute Gasteiger partial charge is 0.355 e. The molecule has 1 aromatic carbocycles. The van der Waals surface area contributed by atoms with E-state index in [9.17, 15) is 8.78 Å². The van der Waals surface area contributed by atoms with Crippen molar-refractivity contribution in [2.45, 2.75) is 50.4 Å². The van der Waals surface area contributed by atoms with Crippen molar-refractivity contribution >= 4 is 17.4 Å². The van der Waals surface area contributed by atoms with Crippen LogP contribution in [0.2, 0.25) is 5.02 Å². The van der Waals surface area contributed by atoms with Crippen molar-refractivity contribution in [1.82, 2.24) is 24.6 Å². The molecule has 3 aromatic rings. The lowest BCUT2D eigenvalue weighted by Gasteiger charge is -2.59. The minimum absolute atomic E-state index is 0.263. The van der Waals surface area contributed by atoms with E-state index in [0.29, 0.717) is 43.4 Å².